The fourth-order valence-corrected chi connectivity index (χ4v) is 2.29. The highest BCUT2D eigenvalue weighted by Gasteiger charge is 2.64. The molecule has 7 nitrogen and oxygen atoms in total. The standard InChI is InChI=1S/C11H10F3N3O4/c12-11(13,14)10(9(18)19)3-5-16(6-10)8-7(17(20)21)2-1-4-15-8/h1-2,4H,3,5-6H2,(H,18,19). The second kappa shape index (κ2) is 4.86. The van der Waals surface area contributed by atoms with Gasteiger partial charge >= 0.3 is 17.8 Å². The van der Waals surface area contributed by atoms with Gasteiger partial charge in [-0.05, 0) is 12.5 Å². The molecule has 1 aromatic heterocycles. The van der Waals surface area contributed by atoms with Gasteiger partial charge < -0.3 is 10.0 Å². The molecule has 0 spiro atoms. The van der Waals surface area contributed by atoms with E-state index in [2.05, 4.69) is 4.98 Å². The maximum absolute atomic E-state index is 13.1. The summed E-state index contributed by atoms with van der Waals surface area (Å²) in [5, 5.41) is 19.8. The van der Waals surface area contributed by atoms with Crippen LogP contribution in [0.1, 0.15) is 6.42 Å². The Kier molecular flexibility index (Phi) is 3.47. The number of pyridine rings is 1. The van der Waals surface area contributed by atoms with Crippen molar-refractivity contribution >= 4 is 17.5 Å². The summed E-state index contributed by atoms with van der Waals surface area (Å²) in [6, 6.07) is 2.39. The Balaban J connectivity index is 2.39. The van der Waals surface area contributed by atoms with E-state index in [0.717, 1.165) is 11.0 Å². The van der Waals surface area contributed by atoms with Crippen molar-refractivity contribution in [2.24, 2.45) is 5.41 Å². The Morgan fingerprint density at radius 3 is 2.67 bits per heavy atom. The average molecular weight is 305 g/mol. The van der Waals surface area contributed by atoms with Crippen molar-refractivity contribution in [2.45, 2.75) is 12.6 Å². The molecular formula is C11H10F3N3O4. The van der Waals surface area contributed by atoms with E-state index in [1.165, 1.54) is 12.3 Å². The minimum Gasteiger partial charge on any atom is -0.481 e. The van der Waals surface area contributed by atoms with Crippen LogP contribution in [0.5, 0.6) is 0 Å². The van der Waals surface area contributed by atoms with Gasteiger partial charge in [-0.3, -0.25) is 14.9 Å². The second-order valence-corrected chi connectivity index (χ2v) is 4.66. The van der Waals surface area contributed by atoms with E-state index in [1.807, 2.05) is 0 Å². The van der Waals surface area contributed by atoms with Crippen molar-refractivity contribution in [1.29, 1.82) is 0 Å². The predicted octanol–water partition coefficient (Wildman–Crippen LogP) is 1.83. The van der Waals surface area contributed by atoms with E-state index < -0.39 is 41.1 Å². The summed E-state index contributed by atoms with van der Waals surface area (Å²) in [5.41, 5.74) is -3.39. The number of halogens is 3. The zero-order valence-corrected chi connectivity index (χ0v) is 10.5. The van der Waals surface area contributed by atoms with Gasteiger partial charge in [0, 0.05) is 25.4 Å². The largest absolute Gasteiger partial charge is 0.481 e. The molecule has 1 aliphatic rings. The van der Waals surface area contributed by atoms with Gasteiger partial charge in [0.05, 0.1) is 4.92 Å². The first kappa shape index (κ1) is 15.0. The average Bonchev–Trinajstić information content (AvgIpc) is 2.84. The summed E-state index contributed by atoms with van der Waals surface area (Å²) in [7, 11) is 0. The van der Waals surface area contributed by atoms with Crippen LogP contribution in [0.25, 0.3) is 0 Å². The van der Waals surface area contributed by atoms with Gasteiger partial charge in [0.15, 0.2) is 5.41 Å². The number of hydrogen-bond acceptors (Lipinski definition) is 5. The van der Waals surface area contributed by atoms with Crippen LogP contribution >= 0.6 is 0 Å². The number of aromatic nitrogens is 1. The molecule has 1 aromatic rings. The number of rotatable bonds is 3. The van der Waals surface area contributed by atoms with Gasteiger partial charge in [-0.25, -0.2) is 4.98 Å². The van der Waals surface area contributed by atoms with E-state index in [4.69, 9.17) is 5.11 Å². The Bertz CT molecular complexity index is 592. The fourth-order valence-electron chi connectivity index (χ4n) is 2.29. The number of nitro groups is 1. The molecule has 1 atom stereocenters. The van der Waals surface area contributed by atoms with Crippen molar-refractivity contribution in [1.82, 2.24) is 4.98 Å². The highest BCUT2D eigenvalue weighted by atomic mass is 19.4. The number of carboxylic acid groups (broad SMARTS) is 1. The monoisotopic (exact) mass is 305 g/mol. The predicted molar refractivity (Wildman–Crippen MR) is 63.8 cm³/mol. The van der Waals surface area contributed by atoms with Crippen LogP contribution in [-0.4, -0.2) is 40.2 Å². The van der Waals surface area contributed by atoms with E-state index in [9.17, 15) is 28.1 Å². The Hall–Kier alpha value is -2.39. The molecular weight excluding hydrogens is 295 g/mol. The summed E-state index contributed by atoms with van der Waals surface area (Å²) in [6.07, 6.45) is -4.42. The zero-order valence-electron chi connectivity index (χ0n) is 10.5. The molecule has 0 radical (unpaired) electrons. The van der Waals surface area contributed by atoms with Crippen LogP contribution in [0.4, 0.5) is 24.7 Å². The topological polar surface area (TPSA) is 96.6 Å². The van der Waals surface area contributed by atoms with Crippen LogP contribution < -0.4 is 4.90 Å². The van der Waals surface area contributed by atoms with Gasteiger partial charge in [-0.1, -0.05) is 0 Å². The molecule has 1 fully saturated rings. The van der Waals surface area contributed by atoms with Crippen LogP contribution in [0, 0.1) is 15.5 Å². The Labute approximate surface area is 116 Å². The SMILES string of the molecule is O=C(O)C1(C(F)(F)F)CCN(c2ncccc2[N+](=O)[O-])C1. The van der Waals surface area contributed by atoms with Crippen molar-refractivity contribution in [3.63, 3.8) is 0 Å². The lowest BCUT2D eigenvalue weighted by molar-refractivity contribution is -0.384. The molecule has 2 heterocycles. The van der Waals surface area contributed by atoms with Gasteiger partial charge in [-0.2, -0.15) is 13.2 Å². The van der Waals surface area contributed by atoms with Gasteiger partial charge in [0.25, 0.3) is 0 Å². The van der Waals surface area contributed by atoms with Gasteiger partial charge in [-0.15, -0.1) is 0 Å². The third-order valence-corrected chi connectivity index (χ3v) is 3.48. The molecule has 21 heavy (non-hydrogen) atoms. The summed E-state index contributed by atoms with van der Waals surface area (Å²) in [4.78, 5) is 25.9. The molecule has 1 unspecified atom stereocenters. The summed E-state index contributed by atoms with van der Waals surface area (Å²) in [6.45, 7) is -1.17. The van der Waals surface area contributed by atoms with E-state index in [-0.39, 0.29) is 12.4 Å². The first-order valence-corrected chi connectivity index (χ1v) is 5.83. The van der Waals surface area contributed by atoms with Gasteiger partial charge in [0.2, 0.25) is 5.82 Å². The minimum atomic E-state index is -4.95. The smallest absolute Gasteiger partial charge is 0.406 e. The lowest BCUT2D eigenvalue weighted by atomic mass is 9.86. The molecule has 0 aromatic carbocycles. The maximum atomic E-state index is 13.1. The highest BCUT2D eigenvalue weighted by Crippen LogP contribution is 2.47. The number of anilines is 1. The molecule has 0 aliphatic carbocycles. The van der Waals surface area contributed by atoms with Crippen LogP contribution in [0.15, 0.2) is 18.3 Å². The van der Waals surface area contributed by atoms with Crippen molar-refractivity contribution in [3.8, 4) is 0 Å². The number of carboxylic acids is 1. The minimum absolute atomic E-state index is 0.255. The molecule has 0 bridgehead atoms. The normalized spacial score (nSPS) is 22.3. The van der Waals surface area contributed by atoms with Crippen molar-refractivity contribution < 1.29 is 28.0 Å². The van der Waals surface area contributed by atoms with Crippen LogP contribution in [-0.2, 0) is 4.79 Å². The zero-order chi connectivity index (χ0) is 15.8. The molecule has 10 heteroatoms. The van der Waals surface area contributed by atoms with E-state index in [1.54, 1.807) is 0 Å². The molecule has 2 rings (SSSR count). The van der Waals surface area contributed by atoms with Crippen molar-refractivity contribution in [3.05, 3.63) is 28.4 Å². The summed E-state index contributed by atoms with van der Waals surface area (Å²) < 4.78 is 39.2. The lowest BCUT2D eigenvalue weighted by Gasteiger charge is -2.27. The molecule has 0 saturated carbocycles. The Morgan fingerprint density at radius 2 is 2.19 bits per heavy atom. The molecule has 1 saturated heterocycles. The second-order valence-electron chi connectivity index (χ2n) is 4.66. The van der Waals surface area contributed by atoms with Crippen LogP contribution in [0.2, 0.25) is 0 Å². The lowest BCUT2D eigenvalue weighted by Crippen LogP contribution is -2.47. The molecule has 0 amide bonds. The van der Waals surface area contributed by atoms with Gasteiger partial charge in [0.1, 0.15) is 0 Å². The van der Waals surface area contributed by atoms with E-state index in [0.29, 0.717) is 0 Å². The first-order valence-electron chi connectivity index (χ1n) is 5.83. The van der Waals surface area contributed by atoms with E-state index >= 15 is 0 Å². The third-order valence-electron chi connectivity index (χ3n) is 3.48. The number of carbonyl (C=O) groups is 1. The third kappa shape index (κ3) is 2.36. The number of nitrogens with zero attached hydrogens (tertiary/aromatic N) is 3. The summed E-state index contributed by atoms with van der Waals surface area (Å²) in [5.74, 6) is -2.24. The number of hydrogen-bond donors (Lipinski definition) is 1. The first-order chi connectivity index (χ1) is 9.69. The maximum Gasteiger partial charge on any atom is 0.406 e. The Morgan fingerprint density at radius 1 is 1.52 bits per heavy atom. The molecule has 114 valence electrons. The molecule has 1 aliphatic heterocycles. The quantitative estimate of drug-likeness (QED) is 0.676. The summed E-state index contributed by atoms with van der Waals surface area (Å²) >= 11 is 0. The van der Waals surface area contributed by atoms with Crippen LogP contribution in [0.3, 0.4) is 0 Å². The molecule has 1 N–H and O–H groups in total. The fraction of sp³-hybridized carbons (Fsp3) is 0.455. The number of aliphatic carboxylic acids is 1. The highest BCUT2D eigenvalue weighted by molar-refractivity contribution is 5.78. The number of alkyl halides is 3. The van der Waals surface area contributed by atoms with Crippen molar-refractivity contribution in [2.75, 3.05) is 18.0 Å².